The van der Waals surface area contributed by atoms with E-state index in [1.807, 2.05) is 72.8 Å². The molecule has 0 radical (unpaired) electrons. The highest BCUT2D eigenvalue weighted by atomic mass is 16.5. The predicted octanol–water partition coefficient (Wildman–Crippen LogP) is 7.22. The fourth-order valence-electron chi connectivity index (χ4n) is 4.09. The molecule has 0 spiro atoms. The van der Waals surface area contributed by atoms with Crippen LogP contribution in [0.3, 0.4) is 0 Å². The van der Waals surface area contributed by atoms with Crippen molar-refractivity contribution in [3.8, 4) is 16.9 Å². The molecular weight excluding hydrogens is 424 g/mol. The molecule has 34 heavy (non-hydrogen) atoms. The van der Waals surface area contributed by atoms with E-state index in [0.29, 0.717) is 18.6 Å². The van der Waals surface area contributed by atoms with Gasteiger partial charge in [0.2, 0.25) is 0 Å². The SMILES string of the molecule is CCCCCOc1ccc(-c2ccccc2C(=O)CC(CCCc2ccccc2)C(=O)O)cc1. The first kappa shape index (κ1) is 25.2. The van der Waals surface area contributed by atoms with Gasteiger partial charge in [0.1, 0.15) is 5.75 Å². The van der Waals surface area contributed by atoms with E-state index in [2.05, 4.69) is 6.92 Å². The fourth-order valence-corrected chi connectivity index (χ4v) is 4.09. The molecule has 0 bridgehead atoms. The first-order chi connectivity index (χ1) is 16.6. The van der Waals surface area contributed by atoms with Gasteiger partial charge in [-0.25, -0.2) is 0 Å². The number of rotatable bonds is 14. The average Bonchev–Trinajstić information content (AvgIpc) is 2.87. The number of carboxylic acid groups (broad SMARTS) is 1. The summed E-state index contributed by atoms with van der Waals surface area (Å²) in [5.74, 6) is -0.928. The molecule has 0 aliphatic carbocycles. The summed E-state index contributed by atoms with van der Waals surface area (Å²) in [6.45, 7) is 2.86. The van der Waals surface area contributed by atoms with Crippen LogP contribution in [-0.4, -0.2) is 23.5 Å². The number of aryl methyl sites for hydroxylation is 1. The van der Waals surface area contributed by atoms with Crippen molar-refractivity contribution in [2.75, 3.05) is 6.61 Å². The predicted molar refractivity (Wildman–Crippen MR) is 136 cm³/mol. The Morgan fingerprint density at radius 1 is 0.853 bits per heavy atom. The third-order valence-corrected chi connectivity index (χ3v) is 6.05. The second kappa shape index (κ2) is 13.3. The van der Waals surface area contributed by atoms with Gasteiger partial charge in [0.05, 0.1) is 12.5 Å². The Morgan fingerprint density at radius 2 is 1.56 bits per heavy atom. The van der Waals surface area contributed by atoms with Crippen LogP contribution in [0, 0.1) is 5.92 Å². The second-order valence-corrected chi connectivity index (χ2v) is 8.67. The largest absolute Gasteiger partial charge is 0.494 e. The van der Waals surface area contributed by atoms with E-state index in [1.165, 1.54) is 5.56 Å². The van der Waals surface area contributed by atoms with Gasteiger partial charge in [-0.15, -0.1) is 0 Å². The molecule has 4 nitrogen and oxygen atoms in total. The lowest BCUT2D eigenvalue weighted by Gasteiger charge is -2.14. The summed E-state index contributed by atoms with van der Waals surface area (Å²) < 4.78 is 5.79. The molecule has 0 saturated heterocycles. The normalized spacial score (nSPS) is 11.7. The van der Waals surface area contributed by atoms with Gasteiger partial charge in [0.15, 0.2) is 5.78 Å². The molecule has 0 aliphatic heterocycles. The quantitative estimate of drug-likeness (QED) is 0.205. The molecule has 178 valence electrons. The van der Waals surface area contributed by atoms with Crippen molar-refractivity contribution in [2.45, 2.75) is 51.9 Å². The van der Waals surface area contributed by atoms with Crippen LogP contribution in [0.5, 0.6) is 5.75 Å². The Kier molecular flexibility index (Phi) is 9.90. The van der Waals surface area contributed by atoms with Gasteiger partial charge in [0.25, 0.3) is 0 Å². The lowest BCUT2D eigenvalue weighted by molar-refractivity contribution is -0.141. The standard InChI is InChI=1S/C30H34O4/c1-2-3-9-21-34-26-19-17-24(18-20-26)27-15-7-8-16-28(27)29(31)22-25(30(32)33)14-10-13-23-11-5-4-6-12-23/h4-8,11-12,15-20,25H,2-3,9-10,13-14,21-22H2,1H3,(H,32,33). The molecule has 1 N–H and O–H groups in total. The molecule has 3 rings (SSSR count). The summed E-state index contributed by atoms with van der Waals surface area (Å²) in [6, 6.07) is 25.2. The number of carbonyl (C=O) groups is 2. The number of hydrogen-bond acceptors (Lipinski definition) is 3. The van der Waals surface area contributed by atoms with Gasteiger partial charge < -0.3 is 9.84 Å². The summed E-state index contributed by atoms with van der Waals surface area (Å²) in [5, 5.41) is 9.72. The molecule has 0 amide bonds. The van der Waals surface area contributed by atoms with Crippen LogP contribution in [0.1, 0.15) is 61.4 Å². The minimum absolute atomic E-state index is 0.000238. The Balaban J connectivity index is 1.64. The van der Waals surface area contributed by atoms with E-state index in [1.54, 1.807) is 6.07 Å². The summed E-state index contributed by atoms with van der Waals surface area (Å²) >= 11 is 0. The van der Waals surface area contributed by atoms with E-state index < -0.39 is 11.9 Å². The molecule has 1 atom stereocenters. The molecule has 0 saturated carbocycles. The summed E-state index contributed by atoms with van der Waals surface area (Å²) in [4.78, 5) is 25.0. The molecule has 3 aromatic carbocycles. The van der Waals surface area contributed by atoms with Gasteiger partial charge in [0, 0.05) is 12.0 Å². The average molecular weight is 459 g/mol. The topological polar surface area (TPSA) is 63.6 Å². The number of unbranched alkanes of at least 4 members (excludes halogenated alkanes) is 2. The second-order valence-electron chi connectivity index (χ2n) is 8.67. The number of ketones is 1. The maximum absolute atomic E-state index is 13.2. The summed E-state index contributed by atoms with van der Waals surface area (Å²) in [5.41, 5.74) is 3.48. The number of carbonyl (C=O) groups excluding carboxylic acids is 1. The van der Waals surface area contributed by atoms with Crippen molar-refractivity contribution >= 4 is 11.8 Å². The van der Waals surface area contributed by atoms with Crippen molar-refractivity contribution in [3.05, 3.63) is 90.0 Å². The zero-order valence-corrected chi connectivity index (χ0v) is 19.9. The molecular formula is C30H34O4. The van der Waals surface area contributed by atoms with Crippen molar-refractivity contribution in [1.82, 2.24) is 0 Å². The van der Waals surface area contributed by atoms with Crippen LogP contribution < -0.4 is 4.74 Å². The molecule has 0 fully saturated rings. The maximum atomic E-state index is 13.2. The number of benzene rings is 3. The van der Waals surface area contributed by atoms with E-state index in [9.17, 15) is 14.7 Å². The first-order valence-electron chi connectivity index (χ1n) is 12.2. The summed E-state index contributed by atoms with van der Waals surface area (Å²) in [6.07, 6.45) is 5.35. The molecule has 4 heteroatoms. The monoisotopic (exact) mass is 458 g/mol. The first-order valence-corrected chi connectivity index (χ1v) is 12.2. The van der Waals surface area contributed by atoms with Crippen LogP contribution in [-0.2, 0) is 11.2 Å². The molecule has 0 heterocycles. The zero-order valence-electron chi connectivity index (χ0n) is 19.9. The van der Waals surface area contributed by atoms with Crippen molar-refractivity contribution in [2.24, 2.45) is 5.92 Å². The highest BCUT2D eigenvalue weighted by Crippen LogP contribution is 2.28. The Bertz CT molecular complexity index is 1040. The molecule has 1 unspecified atom stereocenters. The highest BCUT2D eigenvalue weighted by molar-refractivity contribution is 6.03. The van der Waals surface area contributed by atoms with Crippen LogP contribution in [0.25, 0.3) is 11.1 Å². The van der Waals surface area contributed by atoms with Crippen LogP contribution in [0.2, 0.25) is 0 Å². The highest BCUT2D eigenvalue weighted by Gasteiger charge is 2.23. The lowest BCUT2D eigenvalue weighted by Crippen LogP contribution is -2.19. The van der Waals surface area contributed by atoms with Gasteiger partial charge in [-0.05, 0) is 54.5 Å². The van der Waals surface area contributed by atoms with Crippen LogP contribution in [0.4, 0.5) is 0 Å². The Labute approximate surface area is 202 Å². The van der Waals surface area contributed by atoms with Gasteiger partial charge in [-0.1, -0.05) is 86.5 Å². The van der Waals surface area contributed by atoms with E-state index in [4.69, 9.17) is 4.74 Å². The molecule has 0 aliphatic rings. The number of Topliss-reactive ketones (excluding diaryl/α,β-unsaturated/α-hetero) is 1. The van der Waals surface area contributed by atoms with E-state index in [-0.39, 0.29) is 12.2 Å². The van der Waals surface area contributed by atoms with Crippen molar-refractivity contribution < 1.29 is 19.4 Å². The Morgan fingerprint density at radius 3 is 2.26 bits per heavy atom. The number of ether oxygens (including phenoxy) is 1. The van der Waals surface area contributed by atoms with Gasteiger partial charge >= 0.3 is 5.97 Å². The van der Waals surface area contributed by atoms with Crippen LogP contribution in [0.15, 0.2) is 78.9 Å². The third-order valence-electron chi connectivity index (χ3n) is 6.05. The van der Waals surface area contributed by atoms with E-state index in [0.717, 1.165) is 49.0 Å². The third kappa shape index (κ3) is 7.58. The maximum Gasteiger partial charge on any atom is 0.306 e. The van der Waals surface area contributed by atoms with E-state index >= 15 is 0 Å². The van der Waals surface area contributed by atoms with Gasteiger partial charge in [-0.3, -0.25) is 9.59 Å². The number of carboxylic acids is 1. The van der Waals surface area contributed by atoms with Crippen molar-refractivity contribution in [3.63, 3.8) is 0 Å². The lowest BCUT2D eigenvalue weighted by atomic mass is 9.89. The minimum atomic E-state index is -0.913. The van der Waals surface area contributed by atoms with Crippen molar-refractivity contribution in [1.29, 1.82) is 0 Å². The summed E-state index contributed by atoms with van der Waals surface area (Å²) in [7, 11) is 0. The molecule has 3 aromatic rings. The smallest absolute Gasteiger partial charge is 0.306 e. The van der Waals surface area contributed by atoms with Gasteiger partial charge in [-0.2, -0.15) is 0 Å². The van der Waals surface area contributed by atoms with Crippen LogP contribution >= 0.6 is 0 Å². The Hall–Kier alpha value is -3.40. The number of hydrogen-bond donors (Lipinski definition) is 1. The minimum Gasteiger partial charge on any atom is -0.494 e. The molecule has 0 aromatic heterocycles. The number of aliphatic carboxylic acids is 1. The fraction of sp³-hybridized carbons (Fsp3) is 0.333. The zero-order chi connectivity index (χ0) is 24.2.